The summed E-state index contributed by atoms with van der Waals surface area (Å²) < 4.78 is 4.79. The first-order chi connectivity index (χ1) is 9.11. The van der Waals surface area contributed by atoms with Crippen LogP contribution in [0.5, 0.6) is 0 Å². The second-order valence-corrected chi connectivity index (χ2v) is 3.87. The number of hydrazine groups is 1. The number of nitrogens with one attached hydrogen (secondary N) is 2. The molecule has 2 N–H and O–H groups in total. The van der Waals surface area contributed by atoms with E-state index in [0.29, 0.717) is 12.4 Å². The summed E-state index contributed by atoms with van der Waals surface area (Å²) in [5.41, 5.74) is 5.16. The van der Waals surface area contributed by atoms with Crippen molar-refractivity contribution in [2.75, 3.05) is 32.2 Å². The average molecular weight is 266 g/mol. The number of carbonyl (C=O) groups is 2. The molecular weight excluding hydrogens is 248 g/mol. The maximum Gasteiger partial charge on any atom is 0.320 e. The lowest BCUT2D eigenvalue weighted by Crippen LogP contribution is -2.40. The number of amides is 1. The van der Waals surface area contributed by atoms with Crippen molar-refractivity contribution in [1.82, 2.24) is 15.3 Å². The largest absolute Gasteiger partial charge is 0.465 e. The highest BCUT2D eigenvalue weighted by atomic mass is 16.5. The van der Waals surface area contributed by atoms with Gasteiger partial charge in [0.15, 0.2) is 0 Å². The zero-order valence-electron chi connectivity index (χ0n) is 11.0. The Balaban J connectivity index is 2.25. The summed E-state index contributed by atoms with van der Waals surface area (Å²) in [6.45, 7) is 2.23. The molecule has 0 aliphatic rings. The molecule has 1 heterocycles. The van der Waals surface area contributed by atoms with Crippen molar-refractivity contribution in [3.8, 4) is 0 Å². The van der Waals surface area contributed by atoms with Gasteiger partial charge in [-0.25, -0.2) is 4.98 Å². The molecule has 0 unspecified atom stereocenters. The van der Waals surface area contributed by atoms with Crippen molar-refractivity contribution < 1.29 is 14.3 Å². The number of carbonyl (C=O) groups excluding carboxylic acids is 2. The second kappa shape index (κ2) is 8.04. The van der Waals surface area contributed by atoms with Crippen LogP contribution < -0.4 is 10.9 Å². The number of esters is 1. The van der Waals surface area contributed by atoms with E-state index in [1.54, 1.807) is 43.3 Å². The number of hydrogen-bond donors (Lipinski definition) is 2. The summed E-state index contributed by atoms with van der Waals surface area (Å²) in [5.74, 6) is -0.0724. The summed E-state index contributed by atoms with van der Waals surface area (Å²) >= 11 is 0. The number of aromatic nitrogens is 1. The van der Waals surface area contributed by atoms with Crippen molar-refractivity contribution in [3.63, 3.8) is 0 Å². The Morgan fingerprint density at radius 2 is 2.16 bits per heavy atom. The average Bonchev–Trinajstić information content (AvgIpc) is 2.37. The molecule has 0 fully saturated rings. The third-order valence-electron chi connectivity index (χ3n) is 2.11. The van der Waals surface area contributed by atoms with Crippen LogP contribution in [0.4, 0.5) is 5.82 Å². The first-order valence-electron chi connectivity index (χ1n) is 5.92. The van der Waals surface area contributed by atoms with E-state index in [0.717, 1.165) is 0 Å². The van der Waals surface area contributed by atoms with Crippen molar-refractivity contribution in [2.24, 2.45) is 0 Å². The number of hydrogen-bond acceptors (Lipinski definition) is 6. The minimum atomic E-state index is -0.351. The van der Waals surface area contributed by atoms with Gasteiger partial charge in [-0.05, 0) is 26.1 Å². The fourth-order valence-electron chi connectivity index (χ4n) is 1.34. The van der Waals surface area contributed by atoms with Gasteiger partial charge < -0.3 is 4.74 Å². The zero-order chi connectivity index (χ0) is 14.1. The first kappa shape index (κ1) is 14.9. The number of pyridine rings is 1. The molecule has 19 heavy (non-hydrogen) atoms. The van der Waals surface area contributed by atoms with Gasteiger partial charge in [-0.2, -0.15) is 0 Å². The first-order valence-corrected chi connectivity index (χ1v) is 5.92. The Morgan fingerprint density at radius 3 is 2.79 bits per heavy atom. The van der Waals surface area contributed by atoms with Crippen LogP contribution in [0.2, 0.25) is 0 Å². The summed E-state index contributed by atoms with van der Waals surface area (Å²) in [6.07, 6.45) is 1.61. The number of nitrogens with zero attached hydrogens (tertiary/aromatic N) is 2. The van der Waals surface area contributed by atoms with Crippen molar-refractivity contribution >= 4 is 17.7 Å². The van der Waals surface area contributed by atoms with Gasteiger partial charge in [-0.3, -0.25) is 25.3 Å². The molecular formula is C12H18N4O3. The van der Waals surface area contributed by atoms with E-state index in [1.165, 1.54) is 0 Å². The summed E-state index contributed by atoms with van der Waals surface area (Å²) in [5, 5.41) is 0. The quantitative estimate of drug-likeness (QED) is 0.535. The van der Waals surface area contributed by atoms with E-state index in [4.69, 9.17) is 4.74 Å². The monoisotopic (exact) mass is 266 g/mol. The molecule has 0 aliphatic heterocycles. The topological polar surface area (TPSA) is 83.6 Å². The highest BCUT2D eigenvalue weighted by Gasteiger charge is 2.10. The lowest BCUT2D eigenvalue weighted by Gasteiger charge is -2.15. The Labute approximate surface area is 111 Å². The lowest BCUT2D eigenvalue weighted by atomic mass is 10.5. The smallest absolute Gasteiger partial charge is 0.320 e. The molecule has 1 amide bonds. The molecule has 0 radical (unpaired) electrons. The van der Waals surface area contributed by atoms with Crippen LogP contribution in [0.15, 0.2) is 24.4 Å². The van der Waals surface area contributed by atoms with Crippen molar-refractivity contribution in [3.05, 3.63) is 24.4 Å². The molecule has 0 atom stereocenters. The van der Waals surface area contributed by atoms with E-state index in [1.807, 2.05) is 0 Å². The fraction of sp³-hybridized carbons (Fsp3) is 0.417. The Bertz CT molecular complexity index is 411. The van der Waals surface area contributed by atoms with Crippen LogP contribution in [0, 0.1) is 0 Å². The molecule has 1 rings (SSSR count). The van der Waals surface area contributed by atoms with Crippen molar-refractivity contribution in [1.29, 1.82) is 0 Å². The lowest BCUT2D eigenvalue weighted by molar-refractivity contribution is -0.144. The molecule has 0 bridgehead atoms. The van der Waals surface area contributed by atoms with E-state index >= 15 is 0 Å². The molecule has 0 aliphatic carbocycles. The van der Waals surface area contributed by atoms with Crippen LogP contribution in [-0.4, -0.2) is 48.5 Å². The molecule has 0 aromatic carbocycles. The minimum Gasteiger partial charge on any atom is -0.465 e. The highest BCUT2D eigenvalue weighted by molar-refractivity contribution is 5.80. The fourth-order valence-corrected chi connectivity index (χ4v) is 1.34. The van der Waals surface area contributed by atoms with Gasteiger partial charge in [0.2, 0.25) is 0 Å². The van der Waals surface area contributed by atoms with Crippen LogP contribution >= 0.6 is 0 Å². The Hall–Kier alpha value is -2.15. The van der Waals surface area contributed by atoms with Gasteiger partial charge in [0, 0.05) is 6.20 Å². The minimum absolute atomic E-state index is 0.0743. The standard InChI is InChI=1S/C12H18N4O3/c1-3-19-12(18)9-16(2)8-11(17)15-14-10-6-4-5-7-13-10/h4-7H,3,8-9H2,1-2H3,(H,13,14)(H,15,17). The Kier molecular flexibility index (Phi) is 6.31. The molecule has 1 aromatic rings. The third kappa shape index (κ3) is 6.37. The van der Waals surface area contributed by atoms with Gasteiger partial charge in [-0.1, -0.05) is 6.07 Å². The maximum atomic E-state index is 11.6. The second-order valence-electron chi connectivity index (χ2n) is 3.87. The van der Waals surface area contributed by atoms with E-state index in [-0.39, 0.29) is 25.0 Å². The Morgan fingerprint density at radius 1 is 1.37 bits per heavy atom. The normalized spacial score (nSPS) is 10.1. The molecule has 0 spiro atoms. The van der Waals surface area contributed by atoms with E-state index in [9.17, 15) is 9.59 Å². The summed E-state index contributed by atoms with van der Waals surface area (Å²) in [6, 6.07) is 5.30. The third-order valence-corrected chi connectivity index (χ3v) is 2.11. The SMILES string of the molecule is CCOC(=O)CN(C)CC(=O)NNc1ccccn1. The molecule has 7 nitrogen and oxygen atoms in total. The maximum absolute atomic E-state index is 11.6. The summed E-state index contributed by atoms with van der Waals surface area (Å²) in [7, 11) is 1.66. The number of anilines is 1. The van der Waals surface area contributed by atoms with E-state index < -0.39 is 0 Å². The molecule has 7 heteroatoms. The zero-order valence-corrected chi connectivity index (χ0v) is 11.0. The number of rotatable bonds is 7. The summed E-state index contributed by atoms with van der Waals surface area (Å²) in [4.78, 5) is 28.3. The van der Waals surface area contributed by atoms with Crippen LogP contribution in [0.1, 0.15) is 6.92 Å². The van der Waals surface area contributed by atoms with Crippen molar-refractivity contribution in [2.45, 2.75) is 6.92 Å². The highest BCUT2D eigenvalue weighted by Crippen LogP contribution is 1.96. The van der Waals surface area contributed by atoms with E-state index in [2.05, 4.69) is 15.8 Å². The molecule has 104 valence electrons. The predicted molar refractivity (Wildman–Crippen MR) is 70.1 cm³/mol. The van der Waals surface area contributed by atoms with Gasteiger partial charge in [0.05, 0.1) is 19.7 Å². The predicted octanol–water partition coefficient (Wildman–Crippen LogP) is 0.0196. The number of likely N-dealkylation sites (N-methyl/N-ethyl adjacent to an activating group) is 1. The van der Waals surface area contributed by atoms with Gasteiger partial charge >= 0.3 is 5.97 Å². The van der Waals surface area contributed by atoms with Crippen LogP contribution in [-0.2, 0) is 14.3 Å². The molecule has 0 saturated carbocycles. The number of ether oxygens (including phenoxy) is 1. The molecule has 0 saturated heterocycles. The van der Waals surface area contributed by atoms with Crippen LogP contribution in [0.3, 0.4) is 0 Å². The van der Waals surface area contributed by atoms with Gasteiger partial charge in [0.1, 0.15) is 5.82 Å². The van der Waals surface area contributed by atoms with Gasteiger partial charge in [-0.15, -0.1) is 0 Å². The molecule has 1 aromatic heterocycles. The van der Waals surface area contributed by atoms with Gasteiger partial charge in [0.25, 0.3) is 5.91 Å². The van der Waals surface area contributed by atoms with Crippen LogP contribution in [0.25, 0.3) is 0 Å².